The molecular weight excluding hydrogens is 586 g/mol. The van der Waals surface area contributed by atoms with E-state index in [9.17, 15) is 25.5 Å². The van der Waals surface area contributed by atoms with Crippen molar-refractivity contribution in [1.29, 1.82) is 0 Å². The number of unbranched alkanes of at least 4 members (excludes halogenated alkanes) is 13. The summed E-state index contributed by atoms with van der Waals surface area (Å²) in [5.74, 6) is 0.892. The largest absolute Gasteiger partial charge is 0.507 e. The summed E-state index contributed by atoms with van der Waals surface area (Å²) in [5.41, 5.74) is 3.12. The number of phenolic OH excluding ortho intramolecular Hbond substituents is 1. The second-order valence-corrected chi connectivity index (χ2v) is 14.0. The molecule has 0 spiro atoms. The van der Waals surface area contributed by atoms with E-state index in [0.717, 1.165) is 36.1 Å². The third-order valence-electron chi connectivity index (χ3n) is 10.3. The smallest absolute Gasteiger partial charge is 0.180 e. The van der Waals surface area contributed by atoms with Gasteiger partial charge in [0.05, 0.1) is 18.4 Å². The van der Waals surface area contributed by atoms with E-state index in [-0.39, 0.29) is 11.4 Å². The maximum Gasteiger partial charge on any atom is 0.180 e. The topological polar surface area (TPSA) is 150 Å². The summed E-state index contributed by atoms with van der Waals surface area (Å²) in [6.07, 6.45) is 16.0. The predicted octanol–water partition coefficient (Wildman–Crippen LogP) is 6.20. The molecule has 1 fully saturated rings. The van der Waals surface area contributed by atoms with Crippen molar-refractivity contribution in [3.63, 3.8) is 0 Å². The van der Waals surface area contributed by atoms with Crippen LogP contribution < -0.4 is 4.74 Å². The van der Waals surface area contributed by atoms with Crippen LogP contribution in [0.25, 0.3) is 11.3 Å². The molecule has 10 nitrogen and oxygen atoms in total. The zero-order valence-electron chi connectivity index (χ0n) is 28.6. The minimum atomic E-state index is -1.53. The van der Waals surface area contributed by atoms with Crippen LogP contribution in [0, 0.1) is 13.8 Å². The molecule has 260 valence electrons. The van der Waals surface area contributed by atoms with Gasteiger partial charge in [-0.1, -0.05) is 95.6 Å². The van der Waals surface area contributed by atoms with Gasteiger partial charge in [-0.3, -0.25) is 0 Å². The highest BCUT2D eigenvalue weighted by Gasteiger charge is 2.45. The van der Waals surface area contributed by atoms with Crippen LogP contribution in [-0.4, -0.2) is 77.2 Å². The van der Waals surface area contributed by atoms with Gasteiger partial charge < -0.3 is 35.0 Å². The number of hydrogen-bond donors (Lipinski definition) is 5. The Balaban J connectivity index is 1.31. The minimum absolute atomic E-state index is 0.108. The third kappa shape index (κ3) is 8.81. The van der Waals surface area contributed by atoms with E-state index in [2.05, 4.69) is 24.2 Å². The molecule has 46 heavy (non-hydrogen) atoms. The van der Waals surface area contributed by atoms with Crippen LogP contribution in [0.4, 0.5) is 0 Å². The number of aliphatic hydroxyl groups excluding tert-OH is 4. The number of benzene rings is 1. The Morgan fingerprint density at radius 2 is 1.43 bits per heavy atom. The quantitative estimate of drug-likeness (QED) is 0.120. The minimum Gasteiger partial charge on any atom is -0.507 e. The molecule has 1 saturated heterocycles. The van der Waals surface area contributed by atoms with Crippen LogP contribution in [0.15, 0.2) is 6.20 Å². The van der Waals surface area contributed by atoms with E-state index in [1.165, 1.54) is 88.2 Å². The molecule has 1 aromatic heterocycles. The molecule has 0 saturated carbocycles. The van der Waals surface area contributed by atoms with Crippen LogP contribution in [0.1, 0.15) is 139 Å². The number of ether oxygens (including phenoxy) is 2. The number of aromatic hydroxyl groups is 1. The van der Waals surface area contributed by atoms with E-state index in [1.54, 1.807) is 6.20 Å². The normalized spacial score (nSPS) is 26.2. The molecule has 4 rings (SSSR count). The fourth-order valence-corrected chi connectivity index (χ4v) is 7.04. The van der Waals surface area contributed by atoms with E-state index in [0.29, 0.717) is 23.2 Å². The number of aromatic nitrogens is 3. The zero-order valence-corrected chi connectivity index (χ0v) is 28.6. The van der Waals surface area contributed by atoms with Gasteiger partial charge in [0.1, 0.15) is 47.2 Å². The second kappa shape index (κ2) is 17.2. The molecule has 0 amide bonds. The van der Waals surface area contributed by atoms with E-state index >= 15 is 0 Å². The molecule has 1 unspecified atom stereocenters. The van der Waals surface area contributed by atoms with Crippen molar-refractivity contribution in [2.75, 3.05) is 6.61 Å². The Labute approximate surface area is 275 Å². The van der Waals surface area contributed by atoms with Gasteiger partial charge in [0.25, 0.3) is 0 Å². The van der Waals surface area contributed by atoms with E-state index < -0.39 is 37.3 Å². The lowest BCUT2D eigenvalue weighted by molar-refractivity contribution is -0.254. The predicted molar refractivity (Wildman–Crippen MR) is 178 cm³/mol. The Bertz CT molecular complexity index is 1230. The molecule has 2 aromatic rings. The Morgan fingerprint density at radius 1 is 0.848 bits per heavy atom. The number of phenols is 1. The highest BCUT2D eigenvalue weighted by atomic mass is 16.6. The SMILES string of the molecule is CCCCCCCCCCCCCCCCC1(C)CCc2c(c(C)c(C)c(O)c2-c2cn([C@@H]3O[C@@H](CO)[C@H](O)[C@@H](O)[C@@H]3O)nn2)O1. The van der Waals surface area contributed by atoms with Gasteiger partial charge >= 0.3 is 0 Å². The molecule has 0 bridgehead atoms. The average Bonchev–Trinajstić information content (AvgIpc) is 3.53. The van der Waals surface area contributed by atoms with Crippen molar-refractivity contribution in [2.45, 2.75) is 173 Å². The monoisotopic (exact) mass is 645 g/mol. The molecule has 10 heteroatoms. The first-order valence-corrected chi connectivity index (χ1v) is 17.9. The van der Waals surface area contributed by atoms with Gasteiger partial charge in [-0.15, -0.1) is 5.10 Å². The average molecular weight is 646 g/mol. The molecule has 2 aliphatic rings. The van der Waals surface area contributed by atoms with Crippen LogP contribution >= 0.6 is 0 Å². The first-order valence-electron chi connectivity index (χ1n) is 17.9. The van der Waals surface area contributed by atoms with Crippen LogP contribution in [-0.2, 0) is 11.2 Å². The van der Waals surface area contributed by atoms with Crippen molar-refractivity contribution in [3.05, 3.63) is 22.9 Å². The summed E-state index contributed by atoms with van der Waals surface area (Å²) in [6, 6.07) is 0. The lowest BCUT2D eigenvalue weighted by Gasteiger charge is -2.39. The Hall–Kier alpha value is -2.24. The summed E-state index contributed by atoms with van der Waals surface area (Å²) >= 11 is 0. The number of fused-ring (bicyclic) bond motifs is 1. The number of nitrogens with zero attached hydrogens (tertiary/aromatic N) is 3. The van der Waals surface area contributed by atoms with Gasteiger partial charge in [-0.05, 0) is 57.6 Å². The molecule has 6 atom stereocenters. The highest BCUT2D eigenvalue weighted by molar-refractivity contribution is 5.77. The van der Waals surface area contributed by atoms with Crippen LogP contribution in [0.3, 0.4) is 0 Å². The molecule has 5 N–H and O–H groups in total. The van der Waals surface area contributed by atoms with E-state index in [4.69, 9.17) is 9.47 Å². The lowest BCUT2D eigenvalue weighted by atomic mass is 9.83. The molecule has 1 aromatic carbocycles. The van der Waals surface area contributed by atoms with Gasteiger partial charge in [-0.2, -0.15) is 0 Å². The Kier molecular flexibility index (Phi) is 13.7. The van der Waals surface area contributed by atoms with Crippen molar-refractivity contribution in [2.24, 2.45) is 0 Å². The fourth-order valence-electron chi connectivity index (χ4n) is 7.04. The summed E-state index contributed by atoms with van der Waals surface area (Å²) < 4.78 is 13.6. The fraction of sp³-hybridized carbons (Fsp3) is 0.778. The maximum absolute atomic E-state index is 11.3. The maximum atomic E-state index is 11.3. The number of hydrogen-bond acceptors (Lipinski definition) is 9. The lowest BCUT2D eigenvalue weighted by Crippen LogP contribution is -2.56. The molecular formula is C36H59N3O7. The van der Waals surface area contributed by atoms with Crippen molar-refractivity contribution in [3.8, 4) is 22.8 Å². The van der Waals surface area contributed by atoms with Crippen molar-refractivity contribution in [1.82, 2.24) is 15.0 Å². The van der Waals surface area contributed by atoms with Gasteiger partial charge in [0, 0.05) is 5.56 Å². The summed E-state index contributed by atoms with van der Waals surface area (Å²) in [6.45, 7) is 7.76. The first kappa shape index (κ1) is 36.6. The zero-order chi connectivity index (χ0) is 33.3. The van der Waals surface area contributed by atoms with Crippen LogP contribution in [0.2, 0.25) is 0 Å². The Morgan fingerprint density at radius 3 is 2.02 bits per heavy atom. The summed E-state index contributed by atoms with van der Waals surface area (Å²) in [5, 5.41) is 60.2. The highest BCUT2D eigenvalue weighted by Crippen LogP contribution is 2.48. The molecule has 0 radical (unpaired) electrons. The standard InChI is InChI=1S/C36H59N3O7/c1-5-6-7-8-9-10-11-12-13-14-15-16-17-18-20-36(4)21-19-26-29(30(41)24(2)25(3)34(26)46-36)27-22-39(38-37-27)35-33(44)32(43)31(42)28(23-40)45-35/h22,28,31-33,35,40-44H,5-21,23H2,1-4H3/t28-,31-,32+,33-,35+,36?/m0/s1. The molecule has 0 aliphatic carbocycles. The number of rotatable bonds is 18. The number of aliphatic hydroxyl groups is 4. The van der Waals surface area contributed by atoms with Crippen molar-refractivity contribution < 1.29 is 35.0 Å². The molecule has 2 aliphatic heterocycles. The second-order valence-electron chi connectivity index (χ2n) is 14.0. The molecule has 3 heterocycles. The summed E-state index contributed by atoms with van der Waals surface area (Å²) in [4.78, 5) is 0. The van der Waals surface area contributed by atoms with Gasteiger partial charge in [0.2, 0.25) is 0 Å². The van der Waals surface area contributed by atoms with Crippen LogP contribution in [0.5, 0.6) is 11.5 Å². The summed E-state index contributed by atoms with van der Waals surface area (Å²) in [7, 11) is 0. The van der Waals surface area contributed by atoms with Crippen molar-refractivity contribution >= 4 is 0 Å². The van der Waals surface area contributed by atoms with E-state index in [1.807, 2.05) is 13.8 Å². The van der Waals surface area contributed by atoms with Gasteiger partial charge in [-0.25, -0.2) is 4.68 Å². The first-order chi connectivity index (χ1) is 22.1. The third-order valence-corrected chi connectivity index (χ3v) is 10.3. The van der Waals surface area contributed by atoms with Gasteiger partial charge in [0.15, 0.2) is 6.23 Å².